The van der Waals surface area contributed by atoms with Gasteiger partial charge in [-0.1, -0.05) is 58.4 Å². The zero-order valence-corrected chi connectivity index (χ0v) is 15.6. The number of nitrogens with zero attached hydrogens (tertiary/aromatic N) is 6. The van der Waals surface area contributed by atoms with Crippen LogP contribution in [-0.2, 0) is 16.1 Å². The average molecular weight is 409 g/mol. The van der Waals surface area contributed by atoms with Gasteiger partial charge in [-0.05, 0) is 18.2 Å². The number of benzene rings is 2. The highest BCUT2D eigenvalue weighted by atomic mass is 35.5. The zero-order chi connectivity index (χ0) is 20.0. The molecule has 1 saturated heterocycles. The summed E-state index contributed by atoms with van der Waals surface area (Å²) in [5.41, 5.74) is 1.21. The second-order valence-corrected chi connectivity index (χ2v) is 7.00. The van der Waals surface area contributed by atoms with Gasteiger partial charge in [0.25, 0.3) is 11.8 Å². The Morgan fingerprint density at radius 3 is 2.66 bits per heavy atom. The van der Waals surface area contributed by atoms with Crippen molar-refractivity contribution in [1.29, 1.82) is 0 Å². The molecule has 0 radical (unpaired) electrons. The maximum absolute atomic E-state index is 13.0. The monoisotopic (exact) mass is 408 g/mol. The lowest BCUT2D eigenvalue weighted by Crippen LogP contribution is -2.39. The van der Waals surface area contributed by atoms with Crippen LogP contribution in [0.25, 0.3) is 11.4 Å². The highest BCUT2D eigenvalue weighted by Crippen LogP contribution is 2.33. The Kier molecular flexibility index (Phi) is 4.09. The van der Waals surface area contributed by atoms with E-state index >= 15 is 0 Å². The summed E-state index contributed by atoms with van der Waals surface area (Å²) < 4.78 is 5.29. The van der Waals surface area contributed by atoms with E-state index in [2.05, 4.69) is 20.5 Å². The smallest absolute Gasteiger partial charge is 0.263 e. The predicted molar refractivity (Wildman–Crippen MR) is 102 cm³/mol. The van der Waals surface area contributed by atoms with Crippen molar-refractivity contribution in [2.75, 3.05) is 4.90 Å². The van der Waals surface area contributed by atoms with Gasteiger partial charge in [-0.3, -0.25) is 14.6 Å². The van der Waals surface area contributed by atoms with Gasteiger partial charge in [-0.15, -0.1) is 0 Å². The Bertz CT molecular complexity index is 1130. The van der Waals surface area contributed by atoms with E-state index in [1.165, 1.54) is 5.01 Å². The largest absolute Gasteiger partial charge is 0.337 e. The first-order chi connectivity index (χ1) is 14.1. The van der Waals surface area contributed by atoms with Gasteiger partial charge in [0.2, 0.25) is 11.7 Å². The summed E-state index contributed by atoms with van der Waals surface area (Å²) in [7, 11) is 0. The number of amides is 2. The Balaban J connectivity index is 1.38. The predicted octanol–water partition coefficient (Wildman–Crippen LogP) is 2.88. The first kappa shape index (κ1) is 17.5. The number of imide groups is 1. The Morgan fingerprint density at radius 2 is 1.86 bits per heavy atom. The van der Waals surface area contributed by atoms with E-state index in [1.807, 2.05) is 30.3 Å². The van der Waals surface area contributed by atoms with E-state index in [0.717, 1.165) is 10.5 Å². The van der Waals surface area contributed by atoms with Crippen LogP contribution in [0.5, 0.6) is 0 Å². The van der Waals surface area contributed by atoms with Gasteiger partial charge in [0.05, 0.1) is 5.69 Å². The third-order valence-corrected chi connectivity index (χ3v) is 4.96. The molecule has 0 bridgehead atoms. The summed E-state index contributed by atoms with van der Waals surface area (Å²) in [6.45, 7) is 0.0624. The van der Waals surface area contributed by atoms with E-state index in [0.29, 0.717) is 16.5 Å². The molecule has 1 fully saturated rings. The number of aromatic nitrogens is 2. The summed E-state index contributed by atoms with van der Waals surface area (Å²) in [6, 6.07) is 14.2. The second-order valence-electron chi connectivity index (χ2n) is 6.56. The quantitative estimate of drug-likeness (QED) is 0.615. The molecule has 0 unspecified atom stereocenters. The second kappa shape index (κ2) is 6.78. The van der Waals surface area contributed by atoms with Gasteiger partial charge in [0.1, 0.15) is 6.54 Å². The molecule has 0 N–H and O–H groups in total. The standard InChI is InChI=1S/C19H13ClN6O3/c20-12-7-4-8-13(9-12)26-18(27)15-16(19(26)28)25(24-22-15)10-14-21-17(23-29-14)11-5-2-1-3-6-11/h1-9,15-16H,10H2/t15-,16-/m1/s1. The van der Waals surface area contributed by atoms with Crippen molar-refractivity contribution in [1.82, 2.24) is 15.1 Å². The first-order valence-corrected chi connectivity index (χ1v) is 9.18. The van der Waals surface area contributed by atoms with Crippen LogP contribution in [-0.4, -0.2) is 39.0 Å². The van der Waals surface area contributed by atoms with E-state index in [9.17, 15) is 9.59 Å². The molecular formula is C19H13ClN6O3. The summed E-state index contributed by atoms with van der Waals surface area (Å²) in [6.07, 6.45) is 0. The number of carbonyl (C=O) groups excluding carboxylic acids is 2. The molecule has 2 atom stereocenters. The molecule has 3 aromatic rings. The third-order valence-electron chi connectivity index (χ3n) is 4.72. The molecule has 29 heavy (non-hydrogen) atoms. The van der Waals surface area contributed by atoms with Crippen LogP contribution in [0, 0.1) is 0 Å². The summed E-state index contributed by atoms with van der Waals surface area (Å²) in [4.78, 5) is 31.1. The molecule has 1 aromatic heterocycles. The lowest BCUT2D eigenvalue weighted by Gasteiger charge is -2.19. The summed E-state index contributed by atoms with van der Waals surface area (Å²) in [5, 5.41) is 13.8. The minimum atomic E-state index is -0.905. The average Bonchev–Trinajstić information content (AvgIpc) is 3.41. The molecule has 2 aliphatic heterocycles. The molecule has 5 rings (SSSR count). The normalized spacial score (nSPS) is 20.6. The van der Waals surface area contributed by atoms with Crippen molar-refractivity contribution >= 4 is 29.1 Å². The van der Waals surface area contributed by atoms with Crippen LogP contribution >= 0.6 is 11.6 Å². The maximum atomic E-state index is 13.0. The molecule has 0 spiro atoms. The van der Waals surface area contributed by atoms with Crippen LogP contribution in [0.15, 0.2) is 69.5 Å². The fourth-order valence-electron chi connectivity index (χ4n) is 3.39. The zero-order valence-electron chi connectivity index (χ0n) is 14.8. The minimum absolute atomic E-state index is 0.0624. The van der Waals surface area contributed by atoms with Gasteiger partial charge < -0.3 is 4.52 Å². The minimum Gasteiger partial charge on any atom is -0.337 e. The Labute approximate surface area is 169 Å². The van der Waals surface area contributed by atoms with Crippen LogP contribution in [0.1, 0.15) is 5.89 Å². The summed E-state index contributed by atoms with van der Waals surface area (Å²) in [5.74, 6) is -0.161. The van der Waals surface area contributed by atoms with Crippen LogP contribution in [0.2, 0.25) is 5.02 Å². The van der Waals surface area contributed by atoms with Crippen molar-refractivity contribution in [2.45, 2.75) is 18.6 Å². The van der Waals surface area contributed by atoms with E-state index in [4.69, 9.17) is 16.1 Å². The molecular weight excluding hydrogens is 396 g/mol. The van der Waals surface area contributed by atoms with Crippen LogP contribution in [0.3, 0.4) is 0 Å². The van der Waals surface area contributed by atoms with Gasteiger partial charge in [-0.2, -0.15) is 10.1 Å². The van der Waals surface area contributed by atoms with E-state index < -0.39 is 23.9 Å². The van der Waals surface area contributed by atoms with Gasteiger partial charge in [-0.25, -0.2) is 4.90 Å². The van der Waals surface area contributed by atoms with Crippen molar-refractivity contribution in [3.8, 4) is 11.4 Å². The third kappa shape index (κ3) is 2.95. The van der Waals surface area contributed by atoms with Crippen molar-refractivity contribution < 1.29 is 14.1 Å². The fraction of sp³-hybridized carbons (Fsp3) is 0.158. The first-order valence-electron chi connectivity index (χ1n) is 8.80. The molecule has 2 aromatic carbocycles. The highest BCUT2D eigenvalue weighted by molar-refractivity contribution is 6.31. The summed E-state index contributed by atoms with van der Waals surface area (Å²) >= 11 is 6.00. The van der Waals surface area contributed by atoms with Crippen molar-refractivity contribution in [3.63, 3.8) is 0 Å². The van der Waals surface area contributed by atoms with E-state index in [-0.39, 0.29) is 12.4 Å². The number of hydrogen-bond donors (Lipinski definition) is 0. The molecule has 0 saturated carbocycles. The molecule has 3 heterocycles. The maximum Gasteiger partial charge on any atom is 0.263 e. The molecule has 2 aliphatic rings. The molecule has 10 heteroatoms. The highest BCUT2D eigenvalue weighted by Gasteiger charge is 2.55. The van der Waals surface area contributed by atoms with Gasteiger partial charge in [0.15, 0.2) is 12.1 Å². The van der Waals surface area contributed by atoms with E-state index in [1.54, 1.807) is 24.3 Å². The number of hydrogen-bond acceptors (Lipinski definition) is 8. The lowest BCUT2D eigenvalue weighted by atomic mass is 10.1. The molecule has 0 aliphatic carbocycles. The SMILES string of the molecule is O=C1[C@@H]2N=NN(Cc3nc(-c4ccccc4)no3)[C@H]2C(=O)N1c1cccc(Cl)c1. The Hall–Kier alpha value is -3.59. The molecule has 144 valence electrons. The number of halogens is 1. The molecule has 2 amide bonds. The Morgan fingerprint density at radius 1 is 1.03 bits per heavy atom. The van der Waals surface area contributed by atoms with Gasteiger partial charge >= 0.3 is 0 Å². The number of fused-ring (bicyclic) bond motifs is 1. The topological polar surface area (TPSA) is 104 Å². The fourth-order valence-corrected chi connectivity index (χ4v) is 3.57. The van der Waals surface area contributed by atoms with Crippen LogP contribution < -0.4 is 4.90 Å². The lowest BCUT2D eigenvalue weighted by molar-refractivity contribution is -0.123. The molecule has 9 nitrogen and oxygen atoms in total. The number of anilines is 1. The number of carbonyl (C=O) groups is 2. The number of rotatable bonds is 4. The van der Waals surface area contributed by atoms with Crippen molar-refractivity contribution in [3.05, 3.63) is 65.5 Å². The van der Waals surface area contributed by atoms with Gasteiger partial charge in [0, 0.05) is 10.6 Å². The van der Waals surface area contributed by atoms with Crippen molar-refractivity contribution in [2.24, 2.45) is 10.3 Å². The van der Waals surface area contributed by atoms with Crippen LogP contribution in [0.4, 0.5) is 5.69 Å².